The monoisotopic (exact) mass is 515 g/mol. The molecule has 0 bridgehead atoms. The number of carbonyl (C=O) groups is 1. The van der Waals surface area contributed by atoms with Crippen LogP contribution in [0.4, 0.5) is 18.9 Å². The second-order valence-corrected chi connectivity index (χ2v) is 9.68. The van der Waals surface area contributed by atoms with Gasteiger partial charge < -0.3 is 19.3 Å². The predicted molar refractivity (Wildman–Crippen MR) is 124 cm³/mol. The molecule has 192 valence electrons. The summed E-state index contributed by atoms with van der Waals surface area (Å²) in [6.07, 6.45) is -4.91. The summed E-state index contributed by atoms with van der Waals surface area (Å²) in [4.78, 5) is 16.4. The Kier molecular flexibility index (Phi) is 8.16. The van der Waals surface area contributed by atoms with Gasteiger partial charge in [-0.3, -0.25) is 4.79 Å². The van der Waals surface area contributed by atoms with Gasteiger partial charge in [0.1, 0.15) is 11.5 Å². The zero-order valence-electron chi connectivity index (χ0n) is 19.7. The minimum absolute atomic E-state index is 0.133. The number of carbonyl (C=O) groups excluding carboxylic acids is 1. The molecule has 2 aromatic carbocycles. The molecule has 0 aromatic heterocycles. The van der Waals surface area contributed by atoms with Crippen LogP contribution >= 0.6 is 0 Å². The largest absolute Gasteiger partial charge is 0.573 e. The average molecular weight is 516 g/mol. The summed E-state index contributed by atoms with van der Waals surface area (Å²) < 4.78 is 75.0. The number of rotatable bonds is 8. The highest BCUT2D eigenvalue weighted by molar-refractivity contribution is 7.89. The molecule has 8 nitrogen and oxygen atoms in total. The molecule has 0 unspecified atom stereocenters. The van der Waals surface area contributed by atoms with Gasteiger partial charge in [0.2, 0.25) is 10.0 Å². The number of piperazine rings is 1. The maximum absolute atomic E-state index is 13.0. The molecule has 35 heavy (non-hydrogen) atoms. The summed E-state index contributed by atoms with van der Waals surface area (Å²) in [6, 6.07) is 9.86. The molecular formula is C23H28F3N3O5S. The molecule has 0 atom stereocenters. The minimum Gasteiger partial charge on any atom is -0.495 e. The van der Waals surface area contributed by atoms with Crippen LogP contribution in [-0.2, 0) is 10.0 Å². The molecule has 0 aliphatic carbocycles. The molecule has 0 saturated carbocycles. The smallest absolute Gasteiger partial charge is 0.495 e. The lowest BCUT2D eigenvalue weighted by Gasteiger charge is -2.37. The molecule has 12 heteroatoms. The lowest BCUT2D eigenvalue weighted by Crippen LogP contribution is -2.49. The van der Waals surface area contributed by atoms with Gasteiger partial charge in [-0.05, 0) is 30.3 Å². The van der Waals surface area contributed by atoms with Crippen molar-refractivity contribution in [3.8, 4) is 11.5 Å². The van der Waals surface area contributed by atoms with Crippen molar-refractivity contribution in [2.75, 3.05) is 51.3 Å². The van der Waals surface area contributed by atoms with E-state index < -0.39 is 28.0 Å². The maximum atomic E-state index is 13.0. The minimum atomic E-state index is -4.91. The van der Waals surface area contributed by atoms with Crippen molar-refractivity contribution in [3.63, 3.8) is 0 Å². The van der Waals surface area contributed by atoms with E-state index >= 15 is 0 Å². The molecule has 1 aliphatic heterocycles. The van der Waals surface area contributed by atoms with Gasteiger partial charge in [-0.1, -0.05) is 26.0 Å². The Morgan fingerprint density at radius 1 is 1.00 bits per heavy atom. The van der Waals surface area contributed by atoms with Gasteiger partial charge in [0.05, 0.1) is 23.3 Å². The summed E-state index contributed by atoms with van der Waals surface area (Å²) >= 11 is 0. The van der Waals surface area contributed by atoms with Crippen molar-refractivity contribution in [1.82, 2.24) is 9.21 Å². The SMILES string of the molecule is CCN(CC)S(=O)(=O)c1ccc(OC)c(N2CCN(C(=O)c3ccccc3OC(F)(F)F)CC2)c1. The topological polar surface area (TPSA) is 79.4 Å². The van der Waals surface area contributed by atoms with Crippen LogP contribution in [0.2, 0.25) is 0 Å². The zero-order chi connectivity index (χ0) is 25.8. The van der Waals surface area contributed by atoms with E-state index in [0.717, 1.165) is 6.07 Å². The van der Waals surface area contributed by atoms with Crippen LogP contribution in [0.25, 0.3) is 0 Å². The fourth-order valence-corrected chi connectivity index (χ4v) is 5.45. The summed E-state index contributed by atoms with van der Waals surface area (Å²) in [5.41, 5.74) is 0.386. The molecule has 1 amide bonds. The molecule has 1 aliphatic rings. The number of ether oxygens (including phenoxy) is 2. The van der Waals surface area contributed by atoms with Gasteiger partial charge in [0, 0.05) is 39.3 Å². The molecule has 1 heterocycles. The van der Waals surface area contributed by atoms with Gasteiger partial charge in [0.15, 0.2) is 0 Å². The van der Waals surface area contributed by atoms with Crippen molar-refractivity contribution >= 4 is 21.6 Å². The number of alkyl halides is 3. The van der Waals surface area contributed by atoms with E-state index in [-0.39, 0.29) is 23.5 Å². The maximum Gasteiger partial charge on any atom is 0.573 e. The standard InChI is InChI=1S/C23H28F3N3O5S/c1-4-29(5-2)35(31,32)17-10-11-21(33-3)19(16-17)27-12-14-28(15-13-27)22(30)18-8-6-7-9-20(18)34-23(24,25)26/h6-11,16H,4-5,12-15H2,1-3H3. The summed E-state index contributed by atoms with van der Waals surface area (Å²) in [5, 5.41) is 0. The fourth-order valence-electron chi connectivity index (χ4n) is 3.97. The highest BCUT2D eigenvalue weighted by Crippen LogP contribution is 2.33. The van der Waals surface area contributed by atoms with E-state index in [1.165, 1.54) is 40.6 Å². The van der Waals surface area contributed by atoms with Crippen molar-refractivity contribution in [1.29, 1.82) is 0 Å². The van der Waals surface area contributed by atoms with Crippen LogP contribution in [-0.4, -0.2) is 76.3 Å². The number of sulfonamides is 1. The zero-order valence-corrected chi connectivity index (χ0v) is 20.5. The first-order valence-electron chi connectivity index (χ1n) is 11.1. The Morgan fingerprint density at radius 3 is 2.20 bits per heavy atom. The first-order chi connectivity index (χ1) is 16.5. The van der Waals surface area contributed by atoms with E-state index in [2.05, 4.69) is 4.74 Å². The van der Waals surface area contributed by atoms with Gasteiger partial charge >= 0.3 is 6.36 Å². The third-order valence-corrected chi connectivity index (χ3v) is 7.79. The van der Waals surface area contributed by atoms with Crippen LogP contribution in [0.3, 0.4) is 0 Å². The van der Waals surface area contributed by atoms with Crippen LogP contribution in [0.15, 0.2) is 47.4 Å². The number of amides is 1. The number of para-hydroxylation sites is 1. The number of hydrogen-bond acceptors (Lipinski definition) is 6. The van der Waals surface area contributed by atoms with Crippen molar-refractivity contribution < 1.29 is 35.9 Å². The van der Waals surface area contributed by atoms with Crippen LogP contribution < -0.4 is 14.4 Å². The molecule has 0 radical (unpaired) electrons. The number of hydrogen-bond donors (Lipinski definition) is 0. The Labute approximate surface area is 202 Å². The number of halogens is 3. The Bertz CT molecular complexity index is 1150. The summed E-state index contributed by atoms with van der Waals surface area (Å²) in [6.45, 7) is 5.29. The number of anilines is 1. The Morgan fingerprint density at radius 2 is 1.63 bits per heavy atom. The third-order valence-electron chi connectivity index (χ3n) is 5.74. The van der Waals surface area contributed by atoms with Crippen LogP contribution in [0, 0.1) is 0 Å². The Hall–Kier alpha value is -2.99. The lowest BCUT2D eigenvalue weighted by molar-refractivity contribution is -0.274. The quantitative estimate of drug-likeness (QED) is 0.535. The molecule has 3 rings (SSSR count). The molecule has 0 N–H and O–H groups in total. The van der Waals surface area contributed by atoms with E-state index in [9.17, 15) is 26.4 Å². The summed E-state index contributed by atoms with van der Waals surface area (Å²) in [7, 11) is -2.21. The van der Waals surface area contributed by atoms with E-state index in [4.69, 9.17) is 4.74 Å². The lowest BCUT2D eigenvalue weighted by atomic mass is 10.1. The second kappa shape index (κ2) is 10.7. The van der Waals surface area contributed by atoms with E-state index in [1.54, 1.807) is 26.0 Å². The van der Waals surface area contributed by atoms with Gasteiger partial charge in [-0.25, -0.2) is 8.42 Å². The number of nitrogens with zero attached hydrogens (tertiary/aromatic N) is 3. The first kappa shape index (κ1) is 26.6. The third kappa shape index (κ3) is 5.99. The summed E-state index contributed by atoms with van der Waals surface area (Å²) in [5.74, 6) is -0.648. The van der Waals surface area contributed by atoms with E-state index in [0.29, 0.717) is 37.6 Å². The average Bonchev–Trinajstić information content (AvgIpc) is 2.83. The van der Waals surface area contributed by atoms with Crippen molar-refractivity contribution in [2.45, 2.75) is 25.1 Å². The highest BCUT2D eigenvalue weighted by Gasteiger charge is 2.34. The second-order valence-electron chi connectivity index (χ2n) is 7.75. The molecule has 1 saturated heterocycles. The number of methoxy groups -OCH3 is 1. The fraction of sp³-hybridized carbons (Fsp3) is 0.435. The first-order valence-corrected chi connectivity index (χ1v) is 12.5. The Balaban J connectivity index is 1.80. The molecular weight excluding hydrogens is 487 g/mol. The molecule has 0 spiro atoms. The number of benzene rings is 2. The van der Waals surface area contributed by atoms with Crippen molar-refractivity contribution in [3.05, 3.63) is 48.0 Å². The van der Waals surface area contributed by atoms with Crippen LogP contribution in [0.1, 0.15) is 24.2 Å². The van der Waals surface area contributed by atoms with Gasteiger partial charge in [0.25, 0.3) is 5.91 Å². The van der Waals surface area contributed by atoms with Crippen LogP contribution in [0.5, 0.6) is 11.5 Å². The molecule has 1 fully saturated rings. The van der Waals surface area contributed by atoms with Gasteiger partial charge in [-0.2, -0.15) is 4.31 Å². The van der Waals surface area contributed by atoms with Crippen molar-refractivity contribution in [2.24, 2.45) is 0 Å². The van der Waals surface area contributed by atoms with E-state index in [1.807, 2.05) is 4.90 Å². The highest BCUT2D eigenvalue weighted by atomic mass is 32.2. The van der Waals surface area contributed by atoms with Gasteiger partial charge in [-0.15, -0.1) is 13.2 Å². The normalized spacial score (nSPS) is 14.8. The molecule has 2 aromatic rings. The predicted octanol–water partition coefficient (Wildman–Crippen LogP) is 3.59.